The Balaban J connectivity index is 2.74. The summed E-state index contributed by atoms with van der Waals surface area (Å²) in [6.07, 6.45) is 2.64. The van der Waals surface area contributed by atoms with Gasteiger partial charge in [0.25, 0.3) is 0 Å². The molecule has 0 aromatic carbocycles. The van der Waals surface area contributed by atoms with E-state index in [0.717, 1.165) is 12.1 Å². The maximum atomic E-state index is 5.13. The zero-order valence-electron chi connectivity index (χ0n) is 6.87. The quantitative estimate of drug-likeness (QED) is 0.657. The summed E-state index contributed by atoms with van der Waals surface area (Å²) < 4.78 is 5.13. The van der Waals surface area contributed by atoms with Crippen molar-refractivity contribution in [3.05, 3.63) is 18.0 Å². The number of hydrogen-bond acceptors (Lipinski definition) is 3. The topological polar surface area (TPSA) is 35.0 Å². The normalized spacial score (nSPS) is 9.64. The largest absolute Gasteiger partial charge is 0.464 e. The van der Waals surface area contributed by atoms with Crippen molar-refractivity contribution in [1.29, 1.82) is 0 Å². The number of rotatable bonds is 3. The molecule has 0 N–H and O–H groups in total. The van der Waals surface area contributed by atoms with E-state index in [4.69, 9.17) is 4.74 Å². The molecule has 0 amide bonds. The van der Waals surface area contributed by atoms with Crippen molar-refractivity contribution in [3.8, 4) is 6.01 Å². The standard InChI is InChI=1S/C8H12N2O/c1-3-7-5-6-9-8(10-7)11-4-2/h5-6H,3-4H2,1-2H3. The van der Waals surface area contributed by atoms with E-state index in [1.807, 2.05) is 13.0 Å². The van der Waals surface area contributed by atoms with E-state index in [9.17, 15) is 0 Å². The predicted molar refractivity (Wildman–Crippen MR) is 42.6 cm³/mol. The molecule has 0 saturated carbocycles. The van der Waals surface area contributed by atoms with E-state index in [1.54, 1.807) is 6.20 Å². The summed E-state index contributed by atoms with van der Waals surface area (Å²) in [5.41, 5.74) is 1.02. The van der Waals surface area contributed by atoms with E-state index < -0.39 is 0 Å². The number of hydrogen-bond donors (Lipinski definition) is 0. The summed E-state index contributed by atoms with van der Waals surface area (Å²) in [5, 5.41) is 0. The van der Waals surface area contributed by atoms with Crippen LogP contribution in [0.25, 0.3) is 0 Å². The Kier molecular flexibility index (Phi) is 2.83. The highest BCUT2D eigenvalue weighted by molar-refractivity contribution is 5.04. The summed E-state index contributed by atoms with van der Waals surface area (Å²) >= 11 is 0. The summed E-state index contributed by atoms with van der Waals surface area (Å²) in [4.78, 5) is 8.09. The third-order valence-corrected chi connectivity index (χ3v) is 1.33. The molecule has 3 nitrogen and oxygen atoms in total. The molecule has 1 aromatic rings. The van der Waals surface area contributed by atoms with Gasteiger partial charge in [0, 0.05) is 11.9 Å². The van der Waals surface area contributed by atoms with Crippen molar-refractivity contribution >= 4 is 0 Å². The minimum atomic E-state index is 0.479. The van der Waals surface area contributed by atoms with Crippen LogP contribution in [0, 0.1) is 0 Å². The fourth-order valence-electron chi connectivity index (χ4n) is 0.772. The van der Waals surface area contributed by atoms with Gasteiger partial charge in [0.2, 0.25) is 0 Å². The van der Waals surface area contributed by atoms with Crippen molar-refractivity contribution in [2.24, 2.45) is 0 Å². The molecule has 0 atom stereocenters. The molecule has 0 spiro atoms. The van der Waals surface area contributed by atoms with Gasteiger partial charge in [0.15, 0.2) is 0 Å². The first-order chi connectivity index (χ1) is 5.36. The molecule has 0 unspecified atom stereocenters. The smallest absolute Gasteiger partial charge is 0.316 e. The fraction of sp³-hybridized carbons (Fsp3) is 0.500. The van der Waals surface area contributed by atoms with Crippen LogP contribution in [0.1, 0.15) is 19.5 Å². The molecule has 0 aliphatic heterocycles. The zero-order valence-corrected chi connectivity index (χ0v) is 6.87. The summed E-state index contributed by atoms with van der Waals surface area (Å²) in [5.74, 6) is 0. The van der Waals surface area contributed by atoms with Crippen LogP contribution in [0.5, 0.6) is 6.01 Å². The van der Waals surface area contributed by atoms with Crippen molar-refractivity contribution in [3.63, 3.8) is 0 Å². The van der Waals surface area contributed by atoms with E-state index in [-0.39, 0.29) is 0 Å². The Morgan fingerprint density at radius 1 is 1.45 bits per heavy atom. The first-order valence-corrected chi connectivity index (χ1v) is 3.81. The maximum Gasteiger partial charge on any atom is 0.316 e. The number of nitrogens with zero attached hydrogens (tertiary/aromatic N) is 2. The lowest BCUT2D eigenvalue weighted by atomic mass is 10.3. The van der Waals surface area contributed by atoms with Crippen LogP contribution in [0.15, 0.2) is 12.3 Å². The zero-order chi connectivity index (χ0) is 8.10. The van der Waals surface area contributed by atoms with Gasteiger partial charge in [0.1, 0.15) is 0 Å². The van der Waals surface area contributed by atoms with Gasteiger partial charge in [-0.2, -0.15) is 0 Å². The monoisotopic (exact) mass is 152 g/mol. The molecule has 0 aliphatic carbocycles. The molecule has 0 radical (unpaired) electrons. The second-order valence-electron chi connectivity index (χ2n) is 2.12. The molecule has 0 bridgehead atoms. The van der Waals surface area contributed by atoms with Gasteiger partial charge in [-0.15, -0.1) is 0 Å². The molecule has 1 heterocycles. The SMILES string of the molecule is CCOc1nccc(CC)n1. The van der Waals surface area contributed by atoms with Crippen LogP contribution in [-0.2, 0) is 6.42 Å². The third-order valence-electron chi connectivity index (χ3n) is 1.33. The molecular weight excluding hydrogens is 140 g/mol. The fourth-order valence-corrected chi connectivity index (χ4v) is 0.772. The van der Waals surface area contributed by atoms with E-state index in [0.29, 0.717) is 12.6 Å². The van der Waals surface area contributed by atoms with Gasteiger partial charge >= 0.3 is 6.01 Å². The van der Waals surface area contributed by atoms with E-state index >= 15 is 0 Å². The lowest BCUT2D eigenvalue weighted by molar-refractivity contribution is 0.311. The third kappa shape index (κ3) is 2.18. The number of ether oxygens (including phenoxy) is 1. The summed E-state index contributed by atoms with van der Waals surface area (Å²) in [6, 6.07) is 2.37. The lowest BCUT2D eigenvalue weighted by Crippen LogP contribution is -1.98. The minimum Gasteiger partial charge on any atom is -0.464 e. The van der Waals surface area contributed by atoms with Gasteiger partial charge < -0.3 is 4.74 Å². The van der Waals surface area contributed by atoms with Gasteiger partial charge in [-0.25, -0.2) is 9.97 Å². The first kappa shape index (κ1) is 7.98. The first-order valence-electron chi connectivity index (χ1n) is 3.81. The van der Waals surface area contributed by atoms with Crippen LogP contribution in [0.4, 0.5) is 0 Å². The van der Waals surface area contributed by atoms with Crippen molar-refractivity contribution in [2.75, 3.05) is 6.61 Å². The molecule has 0 saturated heterocycles. The summed E-state index contributed by atoms with van der Waals surface area (Å²) in [6.45, 7) is 4.59. The molecule has 0 aliphatic rings. The van der Waals surface area contributed by atoms with Gasteiger partial charge in [-0.3, -0.25) is 0 Å². The van der Waals surface area contributed by atoms with Gasteiger partial charge in [-0.05, 0) is 19.4 Å². The Bertz CT molecular complexity index is 225. The van der Waals surface area contributed by atoms with Crippen LogP contribution in [0.3, 0.4) is 0 Å². The van der Waals surface area contributed by atoms with E-state index in [2.05, 4.69) is 16.9 Å². The highest BCUT2D eigenvalue weighted by Crippen LogP contribution is 2.02. The lowest BCUT2D eigenvalue weighted by Gasteiger charge is -2.00. The molecule has 3 heteroatoms. The Hall–Kier alpha value is -1.12. The Morgan fingerprint density at radius 3 is 2.91 bits per heavy atom. The molecular formula is C8H12N2O. The van der Waals surface area contributed by atoms with Crippen molar-refractivity contribution in [1.82, 2.24) is 9.97 Å². The molecule has 0 fully saturated rings. The average Bonchev–Trinajstić information content (AvgIpc) is 2.06. The Labute approximate surface area is 66.4 Å². The summed E-state index contributed by atoms with van der Waals surface area (Å²) in [7, 11) is 0. The number of aromatic nitrogens is 2. The predicted octanol–water partition coefficient (Wildman–Crippen LogP) is 1.44. The van der Waals surface area contributed by atoms with Gasteiger partial charge in [-0.1, -0.05) is 6.92 Å². The molecule has 11 heavy (non-hydrogen) atoms. The van der Waals surface area contributed by atoms with Crippen molar-refractivity contribution < 1.29 is 4.74 Å². The van der Waals surface area contributed by atoms with Gasteiger partial charge in [0.05, 0.1) is 6.61 Å². The second-order valence-corrected chi connectivity index (χ2v) is 2.12. The number of aryl methyl sites for hydroxylation is 1. The highest BCUT2D eigenvalue weighted by Gasteiger charge is 1.95. The molecule has 1 rings (SSSR count). The minimum absolute atomic E-state index is 0.479. The highest BCUT2D eigenvalue weighted by atomic mass is 16.5. The molecule has 1 aromatic heterocycles. The maximum absolute atomic E-state index is 5.13. The average molecular weight is 152 g/mol. The van der Waals surface area contributed by atoms with Crippen LogP contribution < -0.4 is 4.74 Å². The van der Waals surface area contributed by atoms with Crippen LogP contribution in [-0.4, -0.2) is 16.6 Å². The van der Waals surface area contributed by atoms with Crippen molar-refractivity contribution in [2.45, 2.75) is 20.3 Å². The van der Waals surface area contributed by atoms with Crippen LogP contribution in [0.2, 0.25) is 0 Å². The van der Waals surface area contributed by atoms with Crippen LogP contribution >= 0.6 is 0 Å². The van der Waals surface area contributed by atoms with E-state index in [1.165, 1.54) is 0 Å². The second kappa shape index (κ2) is 3.91. The molecule has 60 valence electrons. The Morgan fingerprint density at radius 2 is 2.27 bits per heavy atom.